The van der Waals surface area contributed by atoms with Gasteiger partial charge in [-0.15, -0.1) is 0 Å². The average Bonchev–Trinajstić information content (AvgIpc) is 2.63. The molecule has 0 aliphatic heterocycles. The van der Waals surface area contributed by atoms with E-state index in [2.05, 4.69) is 16.7 Å². The largest absolute Gasteiger partial charge is 0.481 e. The topological polar surface area (TPSA) is 67.4 Å². The van der Waals surface area contributed by atoms with E-state index >= 15 is 0 Å². The third-order valence-electron chi connectivity index (χ3n) is 4.50. The van der Waals surface area contributed by atoms with E-state index in [4.69, 9.17) is 4.74 Å². The summed E-state index contributed by atoms with van der Waals surface area (Å²) in [5.74, 6) is 0.478. The highest BCUT2D eigenvalue weighted by molar-refractivity contribution is 5.94. The number of aryl methyl sites for hydroxylation is 1. The normalized spacial score (nSPS) is 14.1. The van der Waals surface area contributed by atoms with Gasteiger partial charge in [-0.1, -0.05) is 12.1 Å². The van der Waals surface area contributed by atoms with Gasteiger partial charge in [0.1, 0.15) is 5.75 Å². The van der Waals surface area contributed by atoms with Crippen molar-refractivity contribution in [2.24, 2.45) is 0 Å². The van der Waals surface area contributed by atoms with Crippen molar-refractivity contribution in [3.8, 4) is 5.75 Å². The number of ether oxygens (including phenoxy) is 1. The maximum Gasteiger partial charge on any atom is 0.265 e. The zero-order valence-corrected chi connectivity index (χ0v) is 15.2. The van der Waals surface area contributed by atoms with E-state index in [1.54, 1.807) is 31.2 Å². The van der Waals surface area contributed by atoms with Crippen molar-refractivity contribution < 1.29 is 14.3 Å². The molecule has 136 valence electrons. The lowest BCUT2D eigenvalue weighted by molar-refractivity contribution is -0.122. The van der Waals surface area contributed by atoms with E-state index in [1.165, 1.54) is 24.5 Å². The Morgan fingerprint density at radius 1 is 0.962 bits per heavy atom. The van der Waals surface area contributed by atoms with Gasteiger partial charge in [0.2, 0.25) is 5.91 Å². The first-order valence-corrected chi connectivity index (χ1v) is 8.99. The number of amides is 2. The minimum atomic E-state index is -0.599. The number of nitrogens with one attached hydrogen (secondary N) is 2. The predicted molar refractivity (Wildman–Crippen MR) is 103 cm³/mol. The molecule has 0 saturated heterocycles. The molecule has 2 N–H and O–H groups in total. The number of rotatable bonds is 5. The zero-order chi connectivity index (χ0) is 18.5. The van der Waals surface area contributed by atoms with Crippen LogP contribution >= 0.6 is 0 Å². The summed E-state index contributed by atoms with van der Waals surface area (Å²) in [6, 6.07) is 13.1. The Labute approximate surface area is 153 Å². The monoisotopic (exact) mass is 352 g/mol. The van der Waals surface area contributed by atoms with E-state index in [0.717, 1.165) is 25.0 Å². The van der Waals surface area contributed by atoms with Gasteiger partial charge in [-0.05, 0) is 74.1 Å². The van der Waals surface area contributed by atoms with Crippen LogP contribution in [0.25, 0.3) is 0 Å². The molecular formula is C21H24N2O3. The van der Waals surface area contributed by atoms with Gasteiger partial charge in [-0.2, -0.15) is 0 Å². The van der Waals surface area contributed by atoms with Crippen LogP contribution in [-0.4, -0.2) is 17.9 Å². The molecule has 2 aromatic carbocycles. The molecule has 0 fully saturated rings. The number of fused-ring (bicyclic) bond motifs is 1. The molecule has 1 aliphatic carbocycles. The fraction of sp³-hybridized carbons (Fsp3) is 0.333. The number of hydrogen-bond donors (Lipinski definition) is 2. The van der Waals surface area contributed by atoms with Gasteiger partial charge in [0.15, 0.2) is 6.10 Å². The molecule has 0 bridgehead atoms. The van der Waals surface area contributed by atoms with Crippen molar-refractivity contribution in [1.82, 2.24) is 0 Å². The number of hydrogen-bond acceptors (Lipinski definition) is 3. The second-order valence-corrected chi connectivity index (χ2v) is 6.61. The predicted octanol–water partition coefficient (Wildman–Crippen LogP) is 3.93. The molecule has 5 nitrogen and oxygen atoms in total. The Kier molecular flexibility index (Phi) is 5.56. The second-order valence-electron chi connectivity index (χ2n) is 6.61. The Balaban J connectivity index is 1.62. The van der Waals surface area contributed by atoms with Crippen molar-refractivity contribution in [3.63, 3.8) is 0 Å². The summed E-state index contributed by atoms with van der Waals surface area (Å²) >= 11 is 0. The molecule has 0 heterocycles. The summed E-state index contributed by atoms with van der Waals surface area (Å²) < 4.78 is 5.95. The smallest absolute Gasteiger partial charge is 0.265 e. The summed E-state index contributed by atoms with van der Waals surface area (Å²) in [4.78, 5) is 23.5. The first kappa shape index (κ1) is 18.0. The molecule has 3 rings (SSSR count). The van der Waals surface area contributed by atoms with Crippen LogP contribution in [0.3, 0.4) is 0 Å². The lowest BCUT2D eigenvalue weighted by Gasteiger charge is -2.22. The number of anilines is 2. The fourth-order valence-electron chi connectivity index (χ4n) is 3.18. The standard InChI is InChI=1S/C21H24N2O3/c1-14(26-20-9-5-7-16-6-3-4-8-19(16)20)21(25)23-18-12-10-17(11-13-18)22-15(2)24/h5,7,9-14H,3-4,6,8H2,1-2H3,(H,22,24)(H,23,25). The molecule has 1 unspecified atom stereocenters. The molecule has 1 atom stereocenters. The van der Waals surface area contributed by atoms with E-state index in [0.29, 0.717) is 11.4 Å². The van der Waals surface area contributed by atoms with Gasteiger partial charge < -0.3 is 15.4 Å². The van der Waals surface area contributed by atoms with Crippen molar-refractivity contribution in [1.29, 1.82) is 0 Å². The molecule has 0 spiro atoms. The van der Waals surface area contributed by atoms with Crippen molar-refractivity contribution in [2.75, 3.05) is 10.6 Å². The second kappa shape index (κ2) is 8.04. The van der Waals surface area contributed by atoms with Gasteiger partial charge in [0.05, 0.1) is 0 Å². The van der Waals surface area contributed by atoms with Gasteiger partial charge in [-0.25, -0.2) is 0 Å². The average molecular weight is 352 g/mol. The molecular weight excluding hydrogens is 328 g/mol. The molecule has 0 saturated carbocycles. The van der Waals surface area contributed by atoms with Crippen molar-refractivity contribution >= 4 is 23.2 Å². The van der Waals surface area contributed by atoms with Gasteiger partial charge in [0, 0.05) is 18.3 Å². The van der Waals surface area contributed by atoms with E-state index in [1.807, 2.05) is 12.1 Å². The van der Waals surface area contributed by atoms with Crippen LogP contribution in [0.4, 0.5) is 11.4 Å². The van der Waals surface area contributed by atoms with E-state index < -0.39 is 6.10 Å². The lowest BCUT2D eigenvalue weighted by atomic mass is 9.91. The van der Waals surface area contributed by atoms with E-state index in [-0.39, 0.29) is 11.8 Å². The zero-order valence-electron chi connectivity index (χ0n) is 15.2. The number of carbonyl (C=O) groups excluding carboxylic acids is 2. The van der Waals surface area contributed by atoms with Crippen LogP contribution in [0.1, 0.15) is 37.8 Å². The molecule has 0 radical (unpaired) electrons. The summed E-state index contributed by atoms with van der Waals surface area (Å²) in [5.41, 5.74) is 3.92. The van der Waals surface area contributed by atoms with E-state index in [9.17, 15) is 9.59 Å². The summed E-state index contributed by atoms with van der Waals surface area (Å²) in [6.07, 6.45) is 3.85. The van der Waals surface area contributed by atoms with Crippen LogP contribution in [-0.2, 0) is 22.4 Å². The maximum atomic E-state index is 12.4. The minimum Gasteiger partial charge on any atom is -0.481 e. The third-order valence-corrected chi connectivity index (χ3v) is 4.50. The van der Waals surface area contributed by atoms with Crippen LogP contribution in [0.5, 0.6) is 5.75 Å². The van der Waals surface area contributed by atoms with Crippen molar-refractivity contribution in [3.05, 3.63) is 53.6 Å². The SMILES string of the molecule is CC(=O)Nc1ccc(NC(=O)C(C)Oc2cccc3c2CCCC3)cc1. The first-order chi connectivity index (χ1) is 12.5. The number of carbonyl (C=O) groups is 2. The highest BCUT2D eigenvalue weighted by Gasteiger charge is 2.19. The maximum absolute atomic E-state index is 12.4. The Hall–Kier alpha value is -2.82. The Bertz CT molecular complexity index is 799. The summed E-state index contributed by atoms with van der Waals surface area (Å²) in [6.45, 7) is 3.21. The first-order valence-electron chi connectivity index (χ1n) is 8.99. The molecule has 1 aliphatic rings. The highest BCUT2D eigenvalue weighted by Crippen LogP contribution is 2.30. The van der Waals surface area contributed by atoms with Gasteiger partial charge in [0.25, 0.3) is 5.91 Å². The Morgan fingerprint density at radius 3 is 2.31 bits per heavy atom. The molecule has 5 heteroatoms. The van der Waals surface area contributed by atoms with Crippen LogP contribution in [0.15, 0.2) is 42.5 Å². The highest BCUT2D eigenvalue weighted by atomic mass is 16.5. The summed E-state index contributed by atoms with van der Waals surface area (Å²) in [7, 11) is 0. The third kappa shape index (κ3) is 4.42. The van der Waals surface area contributed by atoms with Gasteiger partial charge >= 0.3 is 0 Å². The van der Waals surface area contributed by atoms with Crippen LogP contribution in [0, 0.1) is 0 Å². The minimum absolute atomic E-state index is 0.130. The summed E-state index contributed by atoms with van der Waals surface area (Å²) in [5, 5.41) is 5.54. The van der Waals surface area contributed by atoms with Crippen LogP contribution in [0.2, 0.25) is 0 Å². The Morgan fingerprint density at radius 2 is 1.62 bits per heavy atom. The molecule has 26 heavy (non-hydrogen) atoms. The van der Waals surface area contributed by atoms with Crippen molar-refractivity contribution in [2.45, 2.75) is 45.6 Å². The quantitative estimate of drug-likeness (QED) is 0.857. The van der Waals surface area contributed by atoms with Gasteiger partial charge in [-0.3, -0.25) is 9.59 Å². The molecule has 2 amide bonds. The molecule has 2 aromatic rings. The molecule has 0 aromatic heterocycles. The lowest BCUT2D eigenvalue weighted by Crippen LogP contribution is -2.30. The fourth-order valence-corrected chi connectivity index (χ4v) is 3.18. The number of benzene rings is 2. The van der Waals surface area contributed by atoms with Crippen LogP contribution < -0.4 is 15.4 Å².